The molecule has 12 N–H and O–H groups in total. The molecule has 4 bridgehead atoms. The molecule has 9 aliphatic heterocycles. The van der Waals surface area contributed by atoms with Gasteiger partial charge in [0.1, 0.15) is 79.5 Å². The Morgan fingerprint density at radius 1 is 0.750 bits per heavy atom. The van der Waals surface area contributed by atoms with E-state index in [9.17, 15) is 59.7 Å². The van der Waals surface area contributed by atoms with Crippen LogP contribution in [0.2, 0.25) is 1.41 Å². The molecule has 1 aromatic heterocycles. The van der Waals surface area contributed by atoms with Crippen LogP contribution >= 0.6 is 21.6 Å². The van der Waals surface area contributed by atoms with Crippen LogP contribution in [0.3, 0.4) is 0 Å². The topological polar surface area (TPSA) is 388 Å². The number of carbonyl (C=O) groups is 5. The predicted molar refractivity (Wildman–Crippen MR) is 298 cm³/mol. The molecule has 0 aliphatic carbocycles. The predicted octanol–water partition coefficient (Wildman–Crippen LogP) is -2.48. The Balaban J connectivity index is 0.671. The quantitative estimate of drug-likeness (QED) is 0.0202. The summed E-state index contributed by atoms with van der Waals surface area (Å²) in [4.78, 5) is 67.6. The highest BCUT2D eigenvalue weighted by atomic mass is 33.1. The van der Waals surface area contributed by atoms with Gasteiger partial charge in [-0.25, -0.2) is 0 Å². The van der Waals surface area contributed by atoms with Crippen LogP contribution in [0, 0.1) is 0 Å². The SMILES string of the molecule is [3H]n1nnc2c1-c1ccccc1CN(C(=O)CCC(=O)NCCOCCNCC[C@H]1O[C@H]3O[C@H]4[C@H](O)[C@@H](O)[C@H](OCCCO[C@H]1[C@H](O)[C@H]3O)O[C@@H]4CNC(=O)CCSSCCC(=O)OC[C@@H]1[C@@H](O)[C@H](O)[C@H](O)[C@H]3NC(=C)C(=O)N13)c1ccccc1-2. The standard InChI is InChI=1S/C54H73N9O19S2/c1-28-52(75)63-33(42(68)43(69)46(72)51(63)58-28)27-79-39(67)15-24-84-83-23-14-37(65)57-25-35-50-45(71)47(73)53(81-35)78-20-6-19-77-49-34(80-54(82-50)48(74)44(49)70)13-16-55-17-21-76-22-18-56-36(64)11-12-38(66)62-26-29-7-2-3-8-30(29)40-41(60-61-59-40)31-9-4-5-10-32(31)62/h2-5,7-10,33-35,42-51,53-55,58,68-74H,1,6,11-27H2,(H,56,64)(H,57,65)(H,59,60,61)/t33-,34-,35-,42-,43+,44-,45-,46+,47-,48-,49-,50-,51+,53-,54+/m1/s1/i/hT. The van der Waals surface area contributed by atoms with Crippen molar-refractivity contribution < 1.29 is 94.3 Å². The number of carbonyl (C=O) groups excluding carboxylic acids is 5. The number of nitrogens with zero attached hydrogens (tertiary/aromatic N) is 4. The number of aliphatic hydroxyl groups excluding tert-OH is 7. The third-order valence-corrected chi connectivity index (χ3v) is 17.6. The van der Waals surface area contributed by atoms with Crippen LogP contribution < -0.4 is 26.2 Å². The molecule has 0 radical (unpaired) electrons. The molecule has 0 spiro atoms. The lowest BCUT2D eigenvalue weighted by atomic mass is 9.92. The van der Waals surface area contributed by atoms with Crippen LogP contribution in [-0.2, 0) is 63.7 Å². The first-order chi connectivity index (χ1) is 41.0. The zero-order valence-corrected chi connectivity index (χ0v) is 47.4. The molecular weight excluding hydrogens is 1140 g/mol. The van der Waals surface area contributed by atoms with Crippen molar-refractivity contribution in [3.05, 3.63) is 66.4 Å². The average Bonchev–Trinajstić information content (AvgIpc) is 2.02. The van der Waals surface area contributed by atoms with E-state index < -0.39 is 116 Å². The molecule has 460 valence electrons. The molecule has 10 heterocycles. The van der Waals surface area contributed by atoms with Gasteiger partial charge in [0.2, 0.25) is 17.7 Å². The smallest absolute Gasteiger partial charge is 0.306 e. The maximum atomic E-state index is 13.8. The van der Waals surface area contributed by atoms with Crippen molar-refractivity contribution in [3.8, 4) is 22.5 Å². The van der Waals surface area contributed by atoms with E-state index in [4.69, 9.17) is 34.6 Å². The first-order valence-corrected chi connectivity index (χ1v) is 30.4. The molecule has 12 rings (SSSR count). The molecule has 9 aliphatic rings. The van der Waals surface area contributed by atoms with E-state index in [2.05, 4.69) is 38.2 Å². The molecule has 0 unspecified atom stereocenters. The van der Waals surface area contributed by atoms with Crippen molar-refractivity contribution in [1.82, 2.24) is 41.6 Å². The Kier molecular flexibility index (Phi) is 21.9. The van der Waals surface area contributed by atoms with Gasteiger partial charge in [-0.1, -0.05) is 75.8 Å². The fourth-order valence-corrected chi connectivity index (χ4v) is 12.7. The van der Waals surface area contributed by atoms with Crippen LogP contribution in [0.1, 0.15) is 44.1 Å². The number of benzene rings is 2. The largest absolute Gasteiger partial charge is 0.463 e. The number of hydrogen-bond donors (Lipinski definition) is 12. The van der Waals surface area contributed by atoms with E-state index in [-0.39, 0.29) is 102 Å². The summed E-state index contributed by atoms with van der Waals surface area (Å²) in [5, 5.41) is 96.8. The van der Waals surface area contributed by atoms with E-state index in [1.807, 2.05) is 48.5 Å². The number of para-hydroxylation sites is 1. The number of aromatic nitrogens is 3. The van der Waals surface area contributed by atoms with Gasteiger partial charge >= 0.3 is 5.97 Å². The maximum absolute atomic E-state index is 13.8. The monoisotopic (exact) mass is 1220 g/mol. The van der Waals surface area contributed by atoms with Gasteiger partial charge in [-0.2, -0.15) is 0 Å². The van der Waals surface area contributed by atoms with E-state index in [1.165, 1.54) is 21.6 Å². The van der Waals surface area contributed by atoms with Gasteiger partial charge in [0.05, 0.1) is 62.0 Å². The molecule has 28 nitrogen and oxygen atoms in total. The van der Waals surface area contributed by atoms with Crippen LogP contribution in [0.15, 0.2) is 60.8 Å². The first-order valence-electron chi connectivity index (χ1n) is 28.4. The summed E-state index contributed by atoms with van der Waals surface area (Å²) in [7, 11) is 2.61. The van der Waals surface area contributed by atoms with Crippen LogP contribution in [0.5, 0.6) is 0 Å². The lowest BCUT2D eigenvalue weighted by molar-refractivity contribution is -0.360. The summed E-state index contributed by atoms with van der Waals surface area (Å²) in [5.74, 6) is -1.60. The van der Waals surface area contributed by atoms with Crippen molar-refractivity contribution >= 4 is 56.9 Å². The minimum Gasteiger partial charge on any atom is -0.463 e. The molecular formula is C54H73N9O19S2. The highest BCUT2D eigenvalue weighted by Gasteiger charge is 2.55. The minimum atomic E-state index is -1.66. The molecule has 3 aromatic rings. The number of esters is 1. The van der Waals surface area contributed by atoms with Crippen molar-refractivity contribution in [2.24, 2.45) is 0 Å². The second-order valence-corrected chi connectivity index (χ2v) is 23.5. The summed E-state index contributed by atoms with van der Waals surface area (Å²) in [6.07, 6.45) is -18.9. The number of ether oxygens (including phenoxy) is 7. The minimum absolute atomic E-state index is 0.00938. The molecule has 84 heavy (non-hydrogen) atoms. The number of aromatic amines is 1. The molecule has 15 atom stereocenters. The number of hydrogen-bond acceptors (Lipinski definition) is 25. The number of amides is 4. The van der Waals surface area contributed by atoms with Crippen LogP contribution in [0.4, 0.5) is 5.69 Å². The lowest BCUT2D eigenvalue weighted by Crippen LogP contribution is -2.68. The zero-order valence-electron chi connectivity index (χ0n) is 46.8. The van der Waals surface area contributed by atoms with E-state index >= 15 is 0 Å². The number of piperidine rings is 1. The zero-order chi connectivity index (χ0) is 60.3. The molecule has 4 amide bonds. The molecule has 8 fully saturated rings. The number of rotatable bonds is 23. The Morgan fingerprint density at radius 3 is 2.27 bits per heavy atom. The highest BCUT2D eigenvalue weighted by Crippen LogP contribution is 2.40. The molecule has 30 heteroatoms. The normalized spacial score (nSPS) is 30.4. The van der Waals surface area contributed by atoms with Gasteiger partial charge in [0, 0.05) is 68.1 Å². The fraction of sp³-hybridized carbons (Fsp3) is 0.611. The number of H-pyrrole nitrogens is 1. The summed E-state index contributed by atoms with van der Waals surface area (Å²) in [5.41, 5.74) is 3.77. The van der Waals surface area contributed by atoms with Crippen molar-refractivity contribution in [1.29, 1.82) is 0 Å². The van der Waals surface area contributed by atoms with Crippen LogP contribution in [0.25, 0.3) is 22.5 Å². The number of nitrogens with one attached hydrogen (secondary N) is 5. The van der Waals surface area contributed by atoms with Gasteiger partial charge in [0.15, 0.2) is 14.0 Å². The van der Waals surface area contributed by atoms with Crippen LogP contribution in [-0.4, -0.2) is 248 Å². The van der Waals surface area contributed by atoms with Crippen molar-refractivity contribution in [3.63, 3.8) is 0 Å². The van der Waals surface area contributed by atoms with Gasteiger partial charge in [0.25, 0.3) is 5.91 Å². The van der Waals surface area contributed by atoms with E-state index in [1.54, 1.807) is 4.90 Å². The van der Waals surface area contributed by atoms with E-state index in [0.29, 0.717) is 47.2 Å². The molecule has 2 aromatic carbocycles. The summed E-state index contributed by atoms with van der Waals surface area (Å²) < 4.78 is 49.6. The Hall–Kier alpha value is -5.39. The Labute approximate surface area is 492 Å². The van der Waals surface area contributed by atoms with Gasteiger partial charge < -0.3 is 100.0 Å². The van der Waals surface area contributed by atoms with Crippen molar-refractivity contribution in [2.45, 2.75) is 137 Å². The number of fused-ring (bicyclic) bond motifs is 6. The highest BCUT2D eigenvalue weighted by molar-refractivity contribution is 8.76. The second-order valence-electron chi connectivity index (χ2n) is 20.8. The van der Waals surface area contributed by atoms with Crippen molar-refractivity contribution in [2.75, 3.05) is 75.6 Å². The summed E-state index contributed by atoms with van der Waals surface area (Å²) in [6, 6.07) is 13.6. The van der Waals surface area contributed by atoms with Gasteiger partial charge in [-0.05, 0) is 31.0 Å². The fourth-order valence-electron chi connectivity index (χ4n) is 10.7. The number of anilines is 1. The summed E-state index contributed by atoms with van der Waals surface area (Å²) in [6.45, 7) is 4.64. The third-order valence-electron chi connectivity index (χ3n) is 15.2. The molecule has 8 saturated heterocycles. The van der Waals surface area contributed by atoms with Gasteiger partial charge in [-0.3, -0.25) is 29.1 Å². The Morgan fingerprint density at radius 2 is 1.45 bits per heavy atom. The lowest BCUT2D eigenvalue weighted by Gasteiger charge is -2.47. The Bertz CT molecular complexity index is 2810. The molecule has 0 saturated carbocycles. The third kappa shape index (κ3) is 15.0. The average molecular weight is 1220 g/mol. The first kappa shape index (κ1) is 61.7. The second kappa shape index (κ2) is 29.8. The number of aliphatic hydroxyl groups is 7. The maximum Gasteiger partial charge on any atom is 0.306 e. The van der Waals surface area contributed by atoms with E-state index in [0.717, 1.165) is 21.1 Å². The summed E-state index contributed by atoms with van der Waals surface area (Å²) >= 11 is 0. The van der Waals surface area contributed by atoms with Gasteiger partial charge in [-0.15, -0.1) is 5.10 Å².